The van der Waals surface area contributed by atoms with Gasteiger partial charge in [0.25, 0.3) is 5.91 Å². The monoisotopic (exact) mass is 966 g/mol. The van der Waals surface area contributed by atoms with E-state index in [0.717, 1.165) is 99.4 Å². The van der Waals surface area contributed by atoms with Crippen LogP contribution in [0.4, 0.5) is 31.5 Å². The van der Waals surface area contributed by atoms with Crippen molar-refractivity contribution in [2.75, 3.05) is 73.4 Å². The standard InChI is InChI=1S/C54H56F2N8O7/c1-70-48-26-41-43(57-19-12-47(41)71-39-8-6-38(7-9-39)59-53(69)54(17-18-54)52(68)58-37-4-2-36(55)3-5-37)27-46(48)62-22-13-32(14-23-62)28-61-20-15-33(16-21-61)35-29-63(30-35)45-24-34-31-64(51(67)40(34)25-42(45)56)44-10-11-49(65)60-50(44)66/h2-9,12,19,24-27,32-33,35,44H,10-11,13-18,20-23,28-31H2,1H3,(H,58,68)(H,59,69)(H,60,65,66)/t44-/m0/s1. The summed E-state index contributed by atoms with van der Waals surface area (Å²) in [6.07, 6.45) is 7.41. The molecule has 4 aromatic carbocycles. The van der Waals surface area contributed by atoms with Crippen LogP contribution in [-0.4, -0.2) is 103 Å². The van der Waals surface area contributed by atoms with E-state index in [9.17, 15) is 28.4 Å². The maximum atomic E-state index is 15.5. The highest BCUT2D eigenvalue weighted by atomic mass is 19.1. The molecule has 1 atom stereocenters. The van der Waals surface area contributed by atoms with E-state index in [0.29, 0.717) is 64.7 Å². The summed E-state index contributed by atoms with van der Waals surface area (Å²) in [5.41, 5.74) is 3.10. The number of benzene rings is 4. The predicted octanol–water partition coefficient (Wildman–Crippen LogP) is 7.50. The van der Waals surface area contributed by atoms with Gasteiger partial charge >= 0.3 is 0 Å². The zero-order valence-corrected chi connectivity index (χ0v) is 39.6. The maximum Gasteiger partial charge on any atom is 0.255 e. The SMILES string of the molecule is COc1cc2c(Oc3ccc(NC(=O)C4(C(=O)Nc5ccc(F)cc5)CC4)cc3)ccnc2cc1N1CCC(CN2CCC(C3CN(c4cc5c(cc4F)C(=O)N([C@H]4CCC(=O)NC4=O)C5)C3)CC2)CC1. The van der Waals surface area contributed by atoms with Crippen molar-refractivity contribution in [1.29, 1.82) is 0 Å². The van der Waals surface area contributed by atoms with Gasteiger partial charge in [0.1, 0.15) is 40.3 Å². The lowest BCUT2D eigenvalue weighted by molar-refractivity contribution is -0.137. The second kappa shape index (κ2) is 18.9. The Morgan fingerprint density at radius 3 is 2.13 bits per heavy atom. The molecule has 5 aliphatic heterocycles. The molecule has 4 saturated heterocycles. The third-order valence-corrected chi connectivity index (χ3v) is 15.7. The topological polar surface area (TPSA) is 166 Å². The number of nitrogens with one attached hydrogen (secondary N) is 3. The molecule has 11 rings (SSSR count). The van der Waals surface area contributed by atoms with E-state index >= 15 is 4.39 Å². The zero-order valence-electron chi connectivity index (χ0n) is 39.6. The minimum atomic E-state index is -1.17. The van der Waals surface area contributed by atoms with Crippen LogP contribution in [0.2, 0.25) is 0 Å². The van der Waals surface area contributed by atoms with E-state index in [1.165, 1.54) is 35.2 Å². The quantitative estimate of drug-likeness (QED) is 0.0791. The lowest BCUT2D eigenvalue weighted by Crippen LogP contribution is -2.53. The van der Waals surface area contributed by atoms with E-state index in [1.54, 1.807) is 43.6 Å². The first-order valence-electron chi connectivity index (χ1n) is 24.7. The number of carbonyl (C=O) groups is 5. The summed E-state index contributed by atoms with van der Waals surface area (Å²) in [6.45, 7) is 6.81. The van der Waals surface area contributed by atoms with E-state index in [4.69, 9.17) is 14.5 Å². The van der Waals surface area contributed by atoms with Gasteiger partial charge < -0.3 is 39.7 Å². The van der Waals surface area contributed by atoms with Crippen LogP contribution in [-0.2, 0) is 25.7 Å². The minimum Gasteiger partial charge on any atom is -0.495 e. The highest BCUT2D eigenvalue weighted by Gasteiger charge is 2.56. The van der Waals surface area contributed by atoms with Crippen LogP contribution in [0.3, 0.4) is 0 Å². The molecule has 6 aliphatic rings. The third kappa shape index (κ3) is 9.23. The van der Waals surface area contributed by atoms with Gasteiger partial charge in [-0.15, -0.1) is 0 Å². The number of aromatic nitrogens is 1. The molecule has 1 aliphatic carbocycles. The highest BCUT2D eigenvalue weighted by molar-refractivity contribution is 6.17. The summed E-state index contributed by atoms with van der Waals surface area (Å²) in [4.78, 5) is 76.8. The van der Waals surface area contributed by atoms with Gasteiger partial charge in [-0.25, -0.2) is 8.78 Å². The first-order valence-corrected chi connectivity index (χ1v) is 24.7. The van der Waals surface area contributed by atoms with E-state index < -0.39 is 40.8 Å². The van der Waals surface area contributed by atoms with Crippen LogP contribution in [0, 0.1) is 34.8 Å². The van der Waals surface area contributed by atoms with Crippen molar-refractivity contribution in [2.24, 2.45) is 23.2 Å². The van der Waals surface area contributed by atoms with Crippen LogP contribution in [0.1, 0.15) is 67.3 Å². The van der Waals surface area contributed by atoms with Gasteiger partial charge in [-0.2, -0.15) is 0 Å². The average molecular weight is 967 g/mol. The lowest BCUT2D eigenvalue weighted by atomic mass is 9.79. The molecule has 3 N–H and O–H groups in total. The molecular weight excluding hydrogens is 911 g/mol. The number of imide groups is 1. The van der Waals surface area contributed by atoms with Gasteiger partial charge in [-0.1, -0.05) is 0 Å². The van der Waals surface area contributed by atoms with Gasteiger partial charge in [0.2, 0.25) is 23.6 Å². The number of methoxy groups -OCH3 is 1. The molecule has 15 nitrogen and oxygen atoms in total. The van der Waals surface area contributed by atoms with Crippen molar-refractivity contribution in [2.45, 2.75) is 64.0 Å². The number of hydrogen-bond acceptors (Lipinski definition) is 11. The van der Waals surface area contributed by atoms with Crippen molar-refractivity contribution in [3.8, 4) is 17.2 Å². The molecule has 1 saturated carbocycles. The number of ether oxygens (including phenoxy) is 2. The Balaban J connectivity index is 0.641. The molecule has 5 aromatic rings. The Kier molecular flexibility index (Phi) is 12.3. The molecule has 17 heteroatoms. The summed E-state index contributed by atoms with van der Waals surface area (Å²) in [5, 5.41) is 8.72. The molecule has 6 heterocycles. The van der Waals surface area contributed by atoms with Crippen molar-refractivity contribution in [3.63, 3.8) is 0 Å². The smallest absolute Gasteiger partial charge is 0.255 e. The maximum absolute atomic E-state index is 15.5. The molecule has 368 valence electrons. The predicted molar refractivity (Wildman–Crippen MR) is 262 cm³/mol. The first kappa shape index (κ1) is 46.3. The Hall–Kier alpha value is -7.14. The largest absolute Gasteiger partial charge is 0.495 e. The number of carbonyl (C=O) groups excluding carboxylic acids is 5. The van der Waals surface area contributed by atoms with E-state index in [1.807, 2.05) is 12.1 Å². The highest BCUT2D eigenvalue weighted by Crippen LogP contribution is 2.48. The number of nitrogens with zero attached hydrogens (tertiary/aromatic N) is 5. The van der Waals surface area contributed by atoms with Crippen LogP contribution in [0.5, 0.6) is 17.2 Å². The Bertz CT molecular complexity index is 2910. The number of anilines is 4. The fraction of sp³-hybridized carbons (Fsp3) is 0.407. The molecular formula is C54H56F2N8O7. The molecule has 1 aromatic heterocycles. The van der Waals surface area contributed by atoms with Crippen molar-refractivity contribution in [3.05, 3.63) is 108 Å². The summed E-state index contributed by atoms with van der Waals surface area (Å²) in [7, 11) is 1.68. The second-order valence-corrected chi connectivity index (χ2v) is 20.1. The zero-order chi connectivity index (χ0) is 49.0. The van der Waals surface area contributed by atoms with Gasteiger partial charge in [0.15, 0.2) is 0 Å². The molecule has 0 radical (unpaired) electrons. The van der Waals surface area contributed by atoms with Gasteiger partial charge in [0.05, 0.1) is 24.0 Å². The number of amides is 5. The molecule has 0 spiro atoms. The lowest BCUT2D eigenvalue weighted by Gasteiger charge is -2.47. The van der Waals surface area contributed by atoms with Crippen LogP contribution in [0.15, 0.2) is 85.1 Å². The van der Waals surface area contributed by atoms with Crippen LogP contribution in [0.25, 0.3) is 10.9 Å². The Morgan fingerprint density at radius 2 is 1.46 bits per heavy atom. The number of halogens is 2. The summed E-state index contributed by atoms with van der Waals surface area (Å²) >= 11 is 0. The van der Waals surface area contributed by atoms with Crippen molar-refractivity contribution >= 4 is 63.2 Å². The van der Waals surface area contributed by atoms with Gasteiger partial charge in [-0.3, -0.25) is 34.3 Å². The van der Waals surface area contributed by atoms with Crippen molar-refractivity contribution in [1.82, 2.24) is 20.1 Å². The minimum absolute atomic E-state index is 0.176. The third-order valence-electron chi connectivity index (χ3n) is 15.7. The van der Waals surface area contributed by atoms with E-state index in [2.05, 4.69) is 36.7 Å². The second-order valence-electron chi connectivity index (χ2n) is 20.1. The first-order chi connectivity index (χ1) is 34.4. The Morgan fingerprint density at radius 1 is 0.775 bits per heavy atom. The van der Waals surface area contributed by atoms with Crippen molar-refractivity contribution < 1.29 is 42.2 Å². The van der Waals surface area contributed by atoms with Crippen LogP contribution >= 0.6 is 0 Å². The number of fused-ring (bicyclic) bond motifs is 2. The molecule has 71 heavy (non-hydrogen) atoms. The summed E-state index contributed by atoms with van der Waals surface area (Å²) in [5.74, 6) is 0.773. The normalized spacial score (nSPS) is 20.6. The molecule has 0 unspecified atom stereocenters. The number of rotatable bonds is 13. The molecule has 5 fully saturated rings. The summed E-state index contributed by atoms with van der Waals surface area (Å²) in [6, 6.07) is 20.7. The average Bonchev–Trinajstić information content (AvgIpc) is 4.12. The number of piperidine rings is 3. The van der Waals surface area contributed by atoms with Gasteiger partial charge in [0, 0.05) is 74.2 Å². The van der Waals surface area contributed by atoms with E-state index in [-0.39, 0.29) is 31.2 Å². The van der Waals surface area contributed by atoms with Gasteiger partial charge in [-0.05, 0) is 160 Å². The fourth-order valence-corrected chi connectivity index (χ4v) is 11.2. The molecule has 5 amide bonds. The molecule has 0 bridgehead atoms. The summed E-state index contributed by atoms with van der Waals surface area (Å²) < 4.78 is 41.1. The fourth-order valence-electron chi connectivity index (χ4n) is 11.2. The Labute approximate surface area is 409 Å². The number of hydrogen-bond donors (Lipinski definition) is 3. The van der Waals surface area contributed by atoms with Crippen LogP contribution < -0.4 is 35.2 Å². The number of pyridine rings is 1. The number of likely N-dealkylation sites (tertiary alicyclic amines) is 1.